The van der Waals surface area contributed by atoms with Crippen molar-refractivity contribution in [3.8, 4) is 23.5 Å². The van der Waals surface area contributed by atoms with E-state index >= 15 is 0 Å². The molecule has 2 nitrogen and oxygen atoms in total. The zero-order valence-electron chi connectivity index (χ0n) is 9.05. The fourth-order valence-electron chi connectivity index (χ4n) is 1.67. The third kappa shape index (κ3) is 2.19. The molecule has 2 rings (SSSR count). The van der Waals surface area contributed by atoms with Gasteiger partial charge in [-0.25, -0.2) is 4.79 Å². The summed E-state index contributed by atoms with van der Waals surface area (Å²) in [7, 11) is 0. The van der Waals surface area contributed by atoms with E-state index in [1.165, 1.54) is 0 Å². The summed E-state index contributed by atoms with van der Waals surface area (Å²) in [6.45, 7) is 0. The summed E-state index contributed by atoms with van der Waals surface area (Å²) in [6.07, 6.45) is 5.27. The topological polar surface area (TPSA) is 37.3 Å². The van der Waals surface area contributed by atoms with Crippen LogP contribution in [0.4, 0.5) is 0 Å². The molecular formula is C15H10O2. The van der Waals surface area contributed by atoms with Gasteiger partial charge in [-0.2, -0.15) is 0 Å². The minimum absolute atomic E-state index is 0.293. The van der Waals surface area contributed by atoms with E-state index in [9.17, 15) is 4.79 Å². The van der Waals surface area contributed by atoms with Gasteiger partial charge >= 0.3 is 5.97 Å². The van der Waals surface area contributed by atoms with Gasteiger partial charge in [-0.3, -0.25) is 0 Å². The Kier molecular flexibility index (Phi) is 2.93. The fraction of sp³-hybridized carbons (Fsp3) is 0. The van der Waals surface area contributed by atoms with E-state index in [1.54, 1.807) is 30.3 Å². The first kappa shape index (κ1) is 11.0. The van der Waals surface area contributed by atoms with Crippen LogP contribution in [-0.2, 0) is 0 Å². The molecular weight excluding hydrogens is 212 g/mol. The average molecular weight is 222 g/mol. The molecule has 82 valence electrons. The van der Waals surface area contributed by atoms with Gasteiger partial charge in [0.15, 0.2) is 0 Å². The number of terminal acetylenes is 1. The molecule has 0 atom stereocenters. The summed E-state index contributed by atoms with van der Waals surface area (Å²) < 4.78 is 0. The number of rotatable bonds is 2. The molecule has 0 amide bonds. The number of benzene rings is 2. The van der Waals surface area contributed by atoms with Crippen molar-refractivity contribution < 1.29 is 9.90 Å². The second-order valence-corrected chi connectivity index (χ2v) is 3.57. The van der Waals surface area contributed by atoms with E-state index in [0.717, 1.165) is 11.1 Å². The third-order valence-electron chi connectivity index (χ3n) is 2.52. The zero-order chi connectivity index (χ0) is 12.3. The van der Waals surface area contributed by atoms with Crippen molar-refractivity contribution in [3.63, 3.8) is 0 Å². The Labute approximate surface area is 99.5 Å². The molecule has 2 heteroatoms. The van der Waals surface area contributed by atoms with Crippen LogP contribution >= 0.6 is 0 Å². The molecule has 0 radical (unpaired) electrons. The summed E-state index contributed by atoms with van der Waals surface area (Å²) in [5.41, 5.74) is 2.62. The molecule has 0 aliphatic heterocycles. The maximum absolute atomic E-state index is 11.1. The van der Waals surface area contributed by atoms with Crippen LogP contribution in [0.25, 0.3) is 11.1 Å². The molecule has 0 aromatic heterocycles. The van der Waals surface area contributed by atoms with Gasteiger partial charge in [0.25, 0.3) is 0 Å². The monoisotopic (exact) mass is 222 g/mol. The lowest BCUT2D eigenvalue weighted by molar-refractivity contribution is 0.0698. The first-order chi connectivity index (χ1) is 8.22. The zero-order valence-corrected chi connectivity index (χ0v) is 9.05. The van der Waals surface area contributed by atoms with E-state index in [4.69, 9.17) is 11.5 Å². The molecule has 0 saturated heterocycles. The minimum Gasteiger partial charge on any atom is -0.478 e. The summed E-state index contributed by atoms with van der Waals surface area (Å²) in [4.78, 5) is 11.1. The predicted molar refractivity (Wildman–Crippen MR) is 66.8 cm³/mol. The minimum atomic E-state index is -0.929. The Bertz CT molecular complexity index is 589. The lowest BCUT2D eigenvalue weighted by Crippen LogP contribution is -1.98. The van der Waals surface area contributed by atoms with Crippen LogP contribution in [0.1, 0.15) is 15.9 Å². The number of hydrogen-bond acceptors (Lipinski definition) is 1. The van der Waals surface area contributed by atoms with Gasteiger partial charge in [0.1, 0.15) is 0 Å². The Balaban J connectivity index is 2.53. The fourth-order valence-corrected chi connectivity index (χ4v) is 1.67. The highest BCUT2D eigenvalue weighted by molar-refractivity contribution is 5.96. The first-order valence-corrected chi connectivity index (χ1v) is 5.12. The van der Waals surface area contributed by atoms with Crippen molar-refractivity contribution in [2.24, 2.45) is 0 Å². The Morgan fingerprint density at radius 1 is 1.06 bits per heavy atom. The number of aromatic carboxylic acids is 1. The Morgan fingerprint density at radius 3 is 2.29 bits per heavy atom. The molecule has 0 saturated carbocycles. The quantitative estimate of drug-likeness (QED) is 0.793. The normalized spacial score (nSPS) is 9.59. The van der Waals surface area contributed by atoms with Gasteiger partial charge in [-0.05, 0) is 29.3 Å². The summed E-state index contributed by atoms with van der Waals surface area (Å²) in [5, 5.41) is 9.10. The van der Waals surface area contributed by atoms with Gasteiger partial charge in [-0.15, -0.1) is 6.42 Å². The lowest BCUT2D eigenvalue weighted by atomic mass is 9.99. The van der Waals surface area contributed by atoms with Gasteiger partial charge in [0, 0.05) is 5.56 Å². The molecule has 2 aromatic rings. The molecule has 0 bridgehead atoms. The van der Waals surface area contributed by atoms with Crippen LogP contribution in [0.3, 0.4) is 0 Å². The molecule has 2 aromatic carbocycles. The van der Waals surface area contributed by atoms with Crippen molar-refractivity contribution >= 4 is 5.97 Å². The molecule has 0 fully saturated rings. The van der Waals surface area contributed by atoms with Crippen LogP contribution in [0, 0.1) is 12.3 Å². The van der Waals surface area contributed by atoms with Crippen LogP contribution in [0.5, 0.6) is 0 Å². The standard InChI is InChI=1S/C15H10O2/c1-2-11-7-9-12(10-8-11)13-5-3-4-6-14(13)15(16)17/h1,3-10H,(H,16,17). The second-order valence-electron chi connectivity index (χ2n) is 3.57. The van der Waals surface area contributed by atoms with E-state index < -0.39 is 5.97 Å². The van der Waals surface area contributed by atoms with Crippen molar-refractivity contribution in [1.82, 2.24) is 0 Å². The van der Waals surface area contributed by atoms with Crippen LogP contribution < -0.4 is 0 Å². The molecule has 0 aliphatic rings. The Hall–Kier alpha value is -2.53. The molecule has 0 aliphatic carbocycles. The van der Waals surface area contributed by atoms with Crippen molar-refractivity contribution in [2.75, 3.05) is 0 Å². The largest absolute Gasteiger partial charge is 0.478 e. The summed E-state index contributed by atoms with van der Waals surface area (Å²) in [5.74, 6) is 1.60. The number of carboxylic acid groups (broad SMARTS) is 1. The highest BCUT2D eigenvalue weighted by Gasteiger charge is 2.10. The van der Waals surface area contributed by atoms with Gasteiger partial charge in [-0.1, -0.05) is 36.3 Å². The highest BCUT2D eigenvalue weighted by Crippen LogP contribution is 2.23. The van der Waals surface area contributed by atoms with E-state index in [2.05, 4.69) is 5.92 Å². The highest BCUT2D eigenvalue weighted by atomic mass is 16.4. The van der Waals surface area contributed by atoms with E-state index in [-0.39, 0.29) is 0 Å². The number of carbonyl (C=O) groups is 1. The maximum Gasteiger partial charge on any atom is 0.336 e. The van der Waals surface area contributed by atoms with Gasteiger partial charge in [0.05, 0.1) is 5.56 Å². The smallest absolute Gasteiger partial charge is 0.336 e. The van der Waals surface area contributed by atoms with Crippen molar-refractivity contribution in [3.05, 3.63) is 59.7 Å². The molecule has 17 heavy (non-hydrogen) atoms. The average Bonchev–Trinajstić information content (AvgIpc) is 2.39. The summed E-state index contributed by atoms with van der Waals surface area (Å²) >= 11 is 0. The first-order valence-electron chi connectivity index (χ1n) is 5.12. The summed E-state index contributed by atoms with van der Waals surface area (Å²) in [6, 6.07) is 14.2. The van der Waals surface area contributed by atoms with Crippen LogP contribution in [0.15, 0.2) is 48.5 Å². The molecule has 0 heterocycles. The molecule has 1 N–H and O–H groups in total. The maximum atomic E-state index is 11.1. The third-order valence-corrected chi connectivity index (χ3v) is 2.52. The second kappa shape index (κ2) is 4.54. The number of hydrogen-bond donors (Lipinski definition) is 1. The molecule has 0 spiro atoms. The lowest BCUT2D eigenvalue weighted by Gasteiger charge is -2.05. The van der Waals surface area contributed by atoms with Gasteiger partial charge < -0.3 is 5.11 Å². The SMILES string of the molecule is C#Cc1ccc(-c2ccccc2C(=O)O)cc1. The van der Waals surface area contributed by atoms with E-state index in [0.29, 0.717) is 11.1 Å². The number of carboxylic acids is 1. The van der Waals surface area contributed by atoms with E-state index in [1.807, 2.05) is 18.2 Å². The Morgan fingerprint density at radius 2 is 1.71 bits per heavy atom. The van der Waals surface area contributed by atoms with Crippen LogP contribution in [0.2, 0.25) is 0 Å². The molecule has 0 unspecified atom stereocenters. The van der Waals surface area contributed by atoms with Crippen LogP contribution in [-0.4, -0.2) is 11.1 Å². The van der Waals surface area contributed by atoms with Gasteiger partial charge in [0.2, 0.25) is 0 Å². The predicted octanol–water partition coefficient (Wildman–Crippen LogP) is 3.03. The van der Waals surface area contributed by atoms with Crippen molar-refractivity contribution in [1.29, 1.82) is 0 Å². The van der Waals surface area contributed by atoms with Crippen molar-refractivity contribution in [2.45, 2.75) is 0 Å².